The maximum Gasteiger partial charge on any atom is 0.312 e. The van der Waals surface area contributed by atoms with Crippen molar-refractivity contribution in [2.45, 2.75) is 77.8 Å². The van der Waals surface area contributed by atoms with Crippen LogP contribution in [0.4, 0.5) is 0 Å². The Morgan fingerprint density at radius 1 is 1.30 bits per heavy atom. The van der Waals surface area contributed by atoms with Gasteiger partial charge in [-0.15, -0.1) is 0 Å². The van der Waals surface area contributed by atoms with Crippen molar-refractivity contribution in [3.63, 3.8) is 0 Å². The Bertz CT molecular complexity index is 500. The zero-order chi connectivity index (χ0) is 16.8. The highest BCUT2D eigenvalue weighted by Gasteiger charge is 2.64. The summed E-state index contributed by atoms with van der Waals surface area (Å²) in [5.41, 5.74) is -0.594. The first-order chi connectivity index (χ1) is 10.8. The van der Waals surface area contributed by atoms with Gasteiger partial charge in [-0.05, 0) is 39.5 Å². The van der Waals surface area contributed by atoms with E-state index in [2.05, 4.69) is 6.92 Å². The van der Waals surface area contributed by atoms with Crippen molar-refractivity contribution in [1.82, 2.24) is 0 Å². The summed E-state index contributed by atoms with van der Waals surface area (Å²) in [4.78, 5) is 25.1. The smallest absolute Gasteiger partial charge is 0.312 e. The number of Topliss-reactive ketones (excluding diaryl/α,β-unsaturated/α-hetero) is 1. The van der Waals surface area contributed by atoms with Crippen LogP contribution >= 0.6 is 0 Å². The molecule has 2 aliphatic carbocycles. The summed E-state index contributed by atoms with van der Waals surface area (Å²) >= 11 is 0. The van der Waals surface area contributed by atoms with E-state index in [1.165, 1.54) is 0 Å². The maximum absolute atomic E-state index is 13.0. The van der Waals surface area contributed by atoms with Crippen molar-refractivity contribution in [2.24, 2.45) is 17.3 Å². The lowest BCUT2D eigenvalue weighted by Crippen LogP contribution is -2.59. The third kappa shape index (κ3) is 2.62. The van der Waals surface area contributed by atoms with Gasteiger partial charge in [0.25, 0.3) is 0 Å². The molecule has 1 aliphatic heterocycles. The van der Waals surface area contributed by atoms with E-state index in [4.69, 9.17) is 14.2 Å². The van der Waals surface area contributed by atoms with E-state index in [1.807, 2.05) is 20.8 Å². The van der Waals surface area contributed by atoms with Gasteiger partial charge in [0.1, 0.15) is 5.78 Å². The normalized spacial score (nSPS) is 42.0. The zero-order valence-electron chi connectivity index (χ0n) is 14.6. The van der Waals surface area contributed by atoms with Gasteiger partial charge in [-0.3, -0.25) is 9.59 Å². The molecule has 5 nitrogen and oxygen atoms in total. The minimum Gasteiger partial charge on any atom is -0.466 e. The summed E-state index contributed by atoms with van der Waals surface area (Å²) in [5, 5.41) is 0. The molecule has 5 heteroatoms. The Hall–Kier alpha value is -0.940. The second-order valence-electron chi connectivity index (χ2n) is 7.59. The number of fused-ring (bicyclic) bond motifs is 3. The molecule has 23 heavy (non-hydrogen) atoms. The van der Waals surface area contributed by atoms with Gasteiger partial charge in [0.15, 0.2) is 5.79 Å². The number of carbonyl (C=O) groups excluding carboxylic acids is 2. The molecule has 0 N–H and O–H groups in total. The molecule has 5 atom stereocenters. The summed E-state index contributed by atoms with van der Waals surface area (Å²) in [6.07, 6.45) is 2.91. The molecule has 0 amide bonds. The van der Waals surface area contributed by atoms with Gasteiger partial charge in [-0.25, -0.2) is 0 Å². The van der Waals surface area contributed by atoms with Gasteiger partial charge in [-0.2, -0.15) is 0 Å². The Kier molecular flexibility index (Phi) is 4.30. The Morgan fingerprint density at radius 3 is 2.70 bits per heavy atom. The third-order valence-corrected chi connectivity index (χ3v) is 5.94. The topological polar surface area (TPSA) is 61.8 Å². The molecular formula is C18H28O5. The molecule has 0 aromatic carbocycles. The third-order valence-electron chi connectivity index (χ3n) is 5.94. The lowest BCUT2D eigenvalue weighted by Gasteiger charge is -2.52. The van der Waals surface area contributed by atoms with Gasteiger partial charge in [0.05, 0.1) is 24.2 Å². The number of carbonyl (C=O) groups is 2. The maximum atomic E-state index is 13.0. The molecule has 3 aliphatic rings. The molecule has 0 aromatic heterocycles. The molecule has 0 radical (unpaired) electrons. The molecule has 0 bridgehead atoms. The average molecular weight is 324 g/mol. The van der Waals surface area contributed by atoms with Crippen LogP contribution in [0.15, 0.2) is 0 Å². The van der Waals surface area contributed by atoms with Crippen molar-refractivity contribution in [2.75, 3.05) is 6.61 Å². The fourth-order valence-corrected chi connectivity index (χ4v) is 5.07. The van der Waals surface area contributed by atoms with Gasteiger partial charge in [-0.1, -0.05) is 13.3 Å². The van der Waals surface area contributed by atoms with Crippen LogP contribution in [-0.4, -0.2) is 36.4 Å². The molecule has 1 saturated heterocycles. The van der Waals surface area contributed by atoms with Gasteiger partial charge in [0, 0.05) is 18.8 Å². The first kappa shape index (κ1) is 16.9. The highest BCUT2D eigenvalue weighted by atomic mass is 16.8. The van der Waals surface area contributed by atoms with Crippen LogP contribution in [0.2, 0.25) is 0 Å². The van der Waals surface area contributed by atoms with E-state index < -0.39 is 11.2 Å². The average Bonchev–Trinajstić information content (AvgIpc) is 2.80. The van der Waals surface area contributed by atoms with Crippen molar-refractivity contribution < 1.29 is 23.8 Å². The standard InChI is InChI=1S/C18H28O5/c1-5-11-9-14-15(23-17(3,4)22-14)13-10-12(19)7-8-18(11,13)16(20)21-6-2/h11,13-15H,5-10H2,1-4H3/t11-,13?,14+,15-,18+/m1/s1. The first-order valence-corrected chi connectivity index (χ1v) is 8.88. The van der Waals surface area contributed by atoms with Crippen molar-refractivity contribution in [3.05, 3.63) is 0 Å². The van der Waals surface area contributed by atoms with Crippen LogP contribution in [0.1, 0.15) is 59.8 Å². The number of ketones is 1. The lowest BCUT2D eigenvalue weighted by molar-refractivity contribution is -0.186. The Balaban J connectivity index is 2.01. The second-order valence-corrected chi connectivity index (χ2v) is 7.59. The van der Waals surface area contributed by atoms with Crippen LogP contribution < -0.4 is 0 Å². The monoisotopic (exact) mass is 324 g/mol. The summed E-state index contributed by atoms with van der Waals surface area (Å²) in [6.45, 7) is 8.13. The number of esters is 1. The van der Waals surface area contributed by atoms with Crippen LogP contribution in [0.3, 0.4) is 0 Å². The Labute approximate surface area is 138 Å². The number of rotatable bonds is 3. The van der Waals surface area contributed by atoms with Crippen molar-refractivity contribution >= 4 is 11.8 Å². The van der Waals surface area contributed by atoms with E-state index >= 15 is 0 Å². The van der Waals surface area contributed by atoms with E-state index in [9.17, 15) is 9.59 Å². The van der Waals surface area contributed by atoms with E-state index in [0.717, 1.165) is 12.8 Å². The van der Waals surface area contributed by atoms with Crippen LogP contribution in [0.25, 0.3) is 0 Å². The molecule has 2 saturated carbocycles. The molecule has 0 spiro atoms. The number of hydrogen-bond acceptors (Lipinski definition) is 5. The second kappa shape index (κ2) is 5.85. The molecule has 1 heterocycles. The van der Waals surface area contributed by atoms with E-state index in [1.54, 1.807) is 0 Å². The van der Waals surface area contributed by atoms with Gasteiger partial charge < -0.3 is 14.2 Å². The van der Waals surface area contributed by atoms with Gasteiger partial charge in [0.2, 0.25) is 0 Å². The largest absolute Gasteiger partial charge is 0.466 e. The summed E-state index contributed by atoms with van der Waals surface area (Å²) in [7, 11) is 0. The quantitative estimate of drug-likeness (QED) is 0.747. The van der Waals surface area contributed by atoms with Gasteiger partial charge >= 0.3 is 5.97 Å². The van der Waals surface area contributed by atoms with Crippen molar-refractivity contribution in [3.8, 4) is 0 Å². The molecule has 1 unspecified atom stereocenters. The fourth-order valence-electron chi connectivity index (χ4n) is 5.07. The minimum absolute atomic E-state index is 0.0339. The Morgan fingerprint density at radius 2 is 2.04 bits per heavy atom. The summed E-state index contributed by atoms with van der Waals surface area (Å²) < 4.78 is 17.7. The fraction of sp³-hybridized carbons (Fsp3) is 0.889. The molecular weight excluding hydrogens is 296 g/mol. The zero-order valence-corrected chi connectivity index (χ0v) is 14.6. The molecule has 130 valence electrons. The highest BCUT2D eigenvalue weighted by molar-refractivity contribution is 5.86. The first-order valence-electron chi connectivity index (χ1n) is 8.88. The van der Waals surface area contributed by atoms with E-state index in [0.29, 0.717) is 25.9 Å². The minimum atomic E-state index is -0.654. The molecule has 3 fully saturated rings. The molecule has 3 rings (SSSR count). The van der Waals surface area contributed by atoms with Crippen LogP contribution in [0, 0.1) is 17.3 Å². The van der Waals surface area contributed by atoms with E-state index in [-0.39, 0.29) is 35.8 Å². The lowest BCUT2D eigenvalue weighted by atomic mass is 9.52. The SMILES string of the molecule is CCOC(=O)[C@]12CCC(=O)CC1[C@H]1OC(C)(C)O[C@H]1C[C@H]2CC. The summed E-state index contributed by atoms with van der Waals surface area (Å²) in [5.74, 6) is -0.528. The predicted molar refractivity (Wildman–Crippen MR) is 83.6 cm³/mol. The van der Waals surface area contributed by atoms with Crippen LogP contribution in [0.5, 0.6) is 0 Å². The number of ether oxygens (including phenoxy) is 3. The predicted octanol–water partition coefficient (Wildman–Crippen LogP) is 2.86. The number of hydrogen-bond donors (Lipinski definition) is 0. The molecule has 0 aromatic rings. The van der Waals surface area contributed by atoms with Crippen LogP contribution in [-0.2, 0) is 23.8 Å². The summed E-state index contributed by atoms with van der Waals surface area (Å²) in [6, 6.07) is 0. The highest BCUT2D eigenvalue weighted by Crippen LogP contribution is 2.58. The van der Waals surface area contributed by atoms with Crippen molar-refractivity contribution in [1.29, 1.82) is 0 Å².